The van der Waals surface area contributed by atoms with Crippen molar-refractivity contribution >= 4 is 19.6 Å². The molecule has 0 amide bonds. The molecule has 4 nitrogen and oxygen atoms in total. The van der Waals surface area contributed by atoms with E-state index in [0.717, 1.165) is 11.5 Å². The van der Waals surface area contributed by atoms with Gasteiger partial charge in [0.2, 0.25) is 0 Å². The van der Waals surface area contributed by atoms with Gasteiger partial charge in [0.15, 0.2) is 0 Å². The normalized spacial score (nSPS) is 13.1. The van der Waals surface area contributed by atoms with E-state index in [1.807, 2.05) is 18.7 Å². The number of phosphoric ester groups is 1. The van der Waals surface area contributed by atoms with Gasteiger partial charge in [0.25, 0.3) is 0 Å². The second kappa shape index (κ2) is 20.7. The SMILES string of the molecule is CCCCCCCCCCCCCCCCCCSCC(C)COP(=O)(O)O. The predicted molar refractivity (Wildman–Crippen MR) is 124 cm³/mol. The number of hydrogen-bond donors (Lipinski definition) is 2. The summed E-state index contributed by atoms with van der Waals surface area (Å²) in [6.07, 6.45) is 22.3. The molecule has 0 bridgehead atoms. The molecule has 28 heavy (non-hydrogen) atoms. The maximum atomic E-state index is 10.6. The number of phosphoric acid groups is 1. The van der Waals surface area contributed by atoms with Crippen molar-refractivity contribution in [3.05, 3.63) is 0 Å². The van der Waals surface area contributed by atoms with Gasteiger partial charge < -0.3 is 9.79 Å². The molecule has 0 aromatic heterocycles. The summed E-state index contributed by atoms with van der Waals surface area (Å²) >= 11 is 1.87. The smallest absolute Gasteiger partial charge is 0.303 e. The quantitative estimate of drug-likeness (QED) is 0.134. The average molecular weight is 439 g/mol. The zero-order valence-corrected chi connectivity index (χ0v) is 20.3. The molecule has 0 aliphatic heterocycles. The van der Waals surface area contributed by atoms with Crippen LogP contribution in [0.2, 0.25) is 0 Å². The van der Waals surface area contributed by atoms with Crippen LogP contribution in [0.25, 0.3) is 0 Å². The molecule has 0 aliphatic carbocycles. The van der Waals surface area contributed by atoms with Gasteiger partial charge in [0.1, 0.15) is 0 Å². The Bertz CT molecular complexity index is 362. The van der Waals surface area contributed by atoms with Gasteiger partial charge in [0, 0.05) is 0 Å². The standard InChI is InChI=1S/C22H47O4PS/c1-3-4-5-6-7-8-9-10-11-12-13-14-15-16-17-18-19-28-21-22(2)20-26-27(23,24)25/h22H,3-21H2,1-2H3,(H2,23,24,25). The summed E-state index contributed by atoms with van der Waals surface area (Å²) in [6.45, 7) is 4.38. The Morgan fingerprint density at radius 3 is 1.54 bits per heavy atom. The highest BCUT2D eigenvalue weighted by atomic mass is 32.2. The fraction of sp³-hybridized carbons (Fsp3) is 1.00. The van der Waals surface area contributed by atoms with Crippen molar-refractivity contribution in [2.45, 2.75) is 117 Å². The third-order valence-corrected chi connectivity index (χ3v) is 6.94. The first kappa shape index (κ1) is 28.5. The van der Waals surface area contributed by atoms with Gasteiger partial charge in [-0.2, -0.15) is 11.8 Å². The van der Waals surface area contributed by atoms with Crippen molar-refractivity contribution in [3.8, 4) is 0 Å². The lowest BCUT2D eigenvalue weighted by atomic mass is 10.0. The Balaban J connectivity index is 3.13. The van der Waals surface area contributed by atoms with E-state index in [1.54, 1.807) is 0 Å². The Hall–Kier alpha value is 0.460. The molecule has 0 aromatic rings. The number of unbranched alkanes of at least 4 members (excludes halogenated alkanes) is 15. The molecule has 0 spiro atoms. The third-order valence-electron chi connectivity index (χ3n) is 5.07. The largest absolute Gasteiger partial charge is 0.469 e. The number of hydrogen-bond acceptors (Lipinski definition) is 3. The van der Waals surface area contributed by atoms with Crippen LogP contribution in [0.5, 0.6) is 0 Å². The first-order valence-electron chi connectivity index (χ1n) is 11.7. The van der Waals surface area contributed by atoms with E-state index in [4.69, 9.17) is 9.79 Å². The van der Waals surface area contributed by atoms with E-state index in [9.17, 15) is 4.57 Å². The molecule has 0 aliphatic rings. The van der Waals surface area contributed by atoms with E-state index in [2.05, 4.69) is 11.4 Å². The van der Waals surface area contributed by atoms with Crippen LogP contribution in [0, 0.1) is 5.92 Å². The molecular formula is C22H47O4PS. The van der Waals surface area contributed by atoms with E-state index < -0.39 is 7.82 Å². The molecule has 1 unspecified atom stereocenters. The van der Waals surface area contributed by atoms with Gasteiger partial charge in [-0.3, -0.25) is 4.52 Å². The lowest BCUT2D eigenvalue weighted by molar-refractivity contribution is 0.178. The zero-order valence-electron chi connectivity index (χ0n) is 18.6. The molecule has 170 valence electrons. The Kier molecular flexibility index (Phi) is 21.1. The van der Waals surface area contributed by atoms with Crippen molar-refractivity contribution in [1.82, 2.24) is 0 Å². The Morgan fingerprint density at radius 1 is 0.750 bits per heavy atom. The van der Waals surface area contributed by atoms with E-state index in [-0.39, 0.29) is 12.5 Å². The minimum Gasteiger partial charge on any atom is -0.303 e. The fourth-order valence-electron chi connectivity index (χ4n) is 3.31. The minimum atomic E-state index is -4.31. The maximum absolute atomic E-state index is 10.6. The molecule has 0 aromatic carbocycles. The van der Waals surface area contributed by atoms with Crippen molar-refractivity contribution in [1.29, 1.82) is 0 Å². The summed E-state index contributed by atoms with van der Waals surface area (Å²) in [4.78, 5) is 17.4. The van der Waals surface area contributed by atoms with Crippen LogP contribution in [-0.4, -0.2) is 27.9 Å². The minimum absolute atomic E-state index is 0.135. The summed E-state index contributed by atoms with van der Waals surface area (Å²) < 4.78 is 15.2. The van der Waals surface area contributed by atoms with E-state index >= 15 is 0 Å². The van der Waals surface area contributed by atoms with Gasteiger partial charge in [0.05, 0.1) is 6.61 Å². The summed E-state index contributed by atoms with van der Waals surface area (Å²) in [7, 11) is -4.31. The van der Waals surface area contributed by atoms with Crippen LogP contribution in [0.1, 0.15) is 117 Å². The monoisotopic (exact) mass is 438 g/mol. The highest BCUT2D eigenvalue weighted by Crippen LogP contribution is 2.36. The summed E-state index contributed by atoms with van der Waals surface area (Å²) in [6, 6.07) is 0. The molecule has 0 fully saturated rings. The van der Waals surface area contributed by atoms with Crippen LogP contribution < -0.4 is 0 Å². The zero-order chi connectivity index (χ0) is 20.9. The highest BCUT2D eigenvalue weighted by Gasteiger charge is 2.15. The molecule has 6 heteroatoms. The number of rotatable bonds is 22. The highest BCUT2D eigenvalue weighted by molar-refractivity contribution is 7.99. The van der Waals surface area contributed by atoms with Gasteiger partial charge in [-0.25, -0.2) is 4.57 Å². The van der Waals surface area contributed by atoms with Crippen LogP contribution in [-0.2, 0) is 9.09 Å². The van der Waals surface area contributed by atoms with Gasteiger partial charge in [-0.05, 0) is 23.8 Å². The van der Waals surface area contributed by atoms with Crippen molar-refractivity contribution in [3.63, 3.8) is 0 Å². The van der Waals surface area contributed by atoms with Crippen LogP contribution in [0.3, 0.4) is 0 Å². The van der Waals surface area contributed by atoms with Crippen molar-refractivity contribution < 1.29 is 18.9 Å². The lowest BCUT2D eigenvalue weighted by Gasteiger charge is -2.12. The maximum Gasteiger partial charge on any atom is 0.469 e. The second-order valence-corrected chi connectivity index (χ2v) is 10.7. The molecule has 0 saturated heterocycles. The molecule has 2 N–H and O–H groups in total. The molecule has 0 radical (unpaired) electrons. The molecule has 1 atom stereocenters. The first-order chi connectivity index (χ1) is 13.5. The topological polar surface area (TPSA) is 66.8 Å². The van der Waals surface area contributed by atoms with Gasteiger partial charge in [-0.15, -0.1) is 0 Å². The van der Waals surface area contributed by atoms with Crippen LogP contribution in [0.15, 0.2) is 0 Å². The summed E-state index contributed by atoms with van der Waals surface area (Å²) in [5.41, 5.74) is 0. The first-order valence-corrected chi connectivity index (χ1v) is 14.4. The van der Waals surface area contributed by atoms with Gasteiger partial charge in [-0.1, -0.05) is 110 Å². The van der Waals surface area contributed by atoms with E-state index in [0.29, 0.717) is 0 Å². The average Bonchev–Trinajstić information content (AvgIpc) is 2.65. The number of thioether (sulfide) groups is 1. The fourth-order valence-corrected chi connectivity index (χ4v) is 4.83. The third kappa shape index (κ3) is 24.5. The second-order valence-electron chi connectivity index (χ2n) is 8.27. The summed E-state index contributed by atoms with van der Waals surface area (Å²) in [5.74, 6) is 2.22. The molecule has 0 rings (SSSR count). The molecular weight excluding hydrogens is 391 g/mol. The van der Waals surface area contributed by atoms with Crippen LogP contribution >= 0.6 is 19.6 Å². The van der Waals surface area contributed by atoms with Crippen molar-refractivity contribution in [2.75, 3.05) is 18.1 Å². The molecule has 0 saturated carbocycles. The Labute approximate surface area is 179 Å². The van der Waals surface area contributed by atoms with Crippen molar-refractivity contribution in [2.24, 2.45) is 5.92 Å². The predicted octanol–water partition coefficient (Wildman–Crippen LogP) is 7.73. The van der Waals surface area contributed by atoms with E-state index in [1.165, 1.54) is 103 Å². The lowest BCUT2D eigenvalue weighted by Crippen LogP contribution is -2.07. The van der Waals surface area contributed by atoms with Gasteiger partial charge >= 0.3 is 7.82 Å². The molecule has 0 heterocycles. The van der Waals surface area contributed by atoms with Crippen LogP contribution in [0.4, 0.5) is 0 Å². The Morgan fingerprint density at radius 2 is 1.14 bits per heavy atom. The summed E-state index contributed by atoms with van der Waals surface area (Å²) in [5, 5.41) is 0.